The molecule has 25 heavy (non-hydrogen) atoms. The van der Waals surface area contributed by atoms with Crippen LogP contribution < -0.4 is 10.5 Å². The van der Waals surface area contributed by atoms with Gasteiger partial charge < -0.3 is 20.1 Å². The Bertz CT molecular complexity index is 664. The lowest BCUT2D eigenvalue weighted by atomic mass is 10.0. The van der Waals surface area contributed by atoms with Gasteiger partial charge in [0.1, 0.15) is 11.8 Å². The Labute approximate surface area is 151 Å². The number of rotatable bonds is 6. The number of piperidine rings is 1. The third kappa shape index (κ3) is 5.35. The van der Waals surface area contributed by atoms with Gasteiger partial charge in [-0.15, -0.1) is 0 Å². The Morgan fingerprint density at radius 2 is 2.04 bits per heavy atom. The summed E-state index contributed by atoms with van der Waals surface area (Å²) in [5.74, 6) is -1.16. The molecular formula is C17H21ClN2O5. The summed E-state index contributed by atoms with van der Waals surface area (Å²) in [6, 6.07) is 4.38. The molecule has 1 atom stereocenters. The first-order chi connectivity index (χ1) is 11.9. The van der Waals surface area contributed by atoms with E-state index in [4.69, 9.17) is 26.8 Å². The highest BCUT2D eigenvalue weighted by Crippen LogP contribution is 2.21. The lowest BCUT2D eigenvalue weighted by Gasteiger charge is -2.33. The van der Waals surface area contributed by atoms with Gasteiger partial charge in [-0.3, -0.25) is 9.59 Å². The van der Waals surface area contributed by atoms with Crippen LogP contribution in [-0.4, -0.2) is 48.5 Å². The normalized spacial score (nSPS) is 17.0. The van der Waals surface area contributed by atoms with Crippen LogP contribution in [0.3, 0.4) is 0 Å². The van der Waals surface area contributed by atoms with E-state index in [2.05, 4.69) is 0 Å². The lowest BCUT2D eigenvalue weighted by Crippen LogP contribution is -2.51. The summed E-state index contributed by atoms with van der Waals surface area (Å²) < 4.78 is 10.2. The van der Waals surface area contributed by atoms with Gasteiger partial charge in [-0.1, -0.05) is 11.6 Å². The minimum atomic E-state index is -0.673. The number of likely N-dealkylation sites (tertiary alicyclic amines) is 1. The molecule has 0 aliphatic carbocycles. The van der Waals surface area contributed by atoms with Crippen LogP contribution in [0, 0.1) is 6.92 Å². The predicted octanol–water partition coefficient (Wildman–Crippen LogP) is 1.44. The molecule has 1 aromatic rings. The minimum Gasteiger partial charge on any atom is -0.482 e. The van der Waals surface area contributed by atoms with Crippen LogP contribution >= 0.6 is 11.6 Å². The van der Waals surface area contributed by atoms with E-state index in [1.165, 1.54) is 4.90 Å². The van der Waals surface area contributed by atoms with Gasteiger partial charge in [0.25, 0.3) is 5.91 Å². The average Bonchev–Trinajstić information content (AvgIpc) is 2.60. The monoisotopic (exact) mass is 368 g/mol. The number of hydrogen-bond acceptors (Lipinski definition) is 5. The maximum Gasteiger partial charge on any atom is 0.344 e. The molecule has 0 bridgehead atoms. The number of esters is 1. The average molecular weight is 369 g/mol. The molecule has 2 amide bonds. The zero-order valence-electron chi connectivity index (χ0n) is 14.0. The van der Waals surface area contributed by atoms with E-state index in [-0.39, 0.29) is 6.61 Å². The van der Waals surface area contributed by atoms with E-state index in [0.717, 1.165) is 18.4 Å². The summed E-state index contributed by atoms with van der Waals surface area (Å²) in [5.41, 5.74) is 6.14. The number of nitrogens with zero attached hydrogens (tertiary/aromatic N) is 1. The number of carbonyl (C=O) groups is 3. The number of hydrogen-bond donors (Lipinski definition) is 1. The van der Waals surface area contributed by atoms with Crippen LogP contribution in [0.1, 0.15) is 24.8 Å². The van der Waals surface area contributed by atoms with Crippen LogP contribution in [0.25, 0.3) is 0 Å². The van der Waals surface area contributed by atoms with Crippen molar-refractivity contribution in [2.45, 2.75) is 32.2 Å². The van der Waals surface area contributed by atoms with Gasteiger partial charge in [0.2, 0.25) is 5.91 Å². The van der Waals surface area contributed by atoms with Crippen LogP contribution in [0.15, 0.2) is 18.2 Å². The summed E-state index contributed by atoms with van der Waals surface area (Å²) in [6.45, 7) is 1.49. The Kier molecular flexibility index (Phi) is 6.64. The Morgan fingerprint density at radius 1 is 1.28 bits per heavy atom. The number of primary amides is 1. The number of nitrogens with two attached hydrogens (primary N) is 1. The first kappa shape index (κ1) is 19.1. The SMILES string of the molecule is Cc1cc(OCC(=O)OCC(=O)N2CCCC[C@H]2C(N)=O)ccc1Cl. The molecule has 8 heteroatoms. The van der Waals surface area contributed by atoms with Gasteiger partial charge in [-0.2, -0.15) is 0 Å². The molecule has 7 nitrogen and oxygen atoms in total. The van der Waals surface area contributed by atoms with E-state index in [0.29, 0.717) is 23.7 Å². The number of ether oxygens (including phenoxy) is 2. The predicted molar refractivity (Wildman–Crippen MR) is 91.2 cm³/mol. The zero-order chi connectivity index (χ0) is 18.4. The van der Waals surface area contributed by atoms with Crippen LogP contribution in [0.5, 0.6) is 5.75 Å². The highest BCUT2D eigenvalue weighted by molar-refractivity contribution is 6.31. The first-order valence-electron chi connectivity index (χ1n) is 8.02. The number of benzene rings is 1. The molecule has 0 radical (unpaired) electrons. The first-order valence-corrected chi connectivity index (χ1v) is 8.39. The molecule has 0 spiro atoms. The molecule has 0 unspecified atom stereocenters. The fourth-order valence-electron chi connectivity index (χ4n) is 2.64. The lowest BCUT2D eigenvalue weighted by molar-refractivity contribution is -0.156. The van der Waals surface area contributed by atoms with E-state index >= 15 is 0 Å². The second-order valence-corrected chi connectivity index (χ2v) is 6.27. The van der Waals surface area contributed by atoms with E-state index in [1.807, 2.05) is 6.92 Å². The third-order valence-electron chi connectivity index (χ3n) is 3.99. The largest absolute Gasteiger partial charge is 0.482 e. The van der Waals surface area contributed by atoms with Gasteiger partial charge >= 0.3 is 5.97 Å². The molecule has 0 saturated carbocycles. The molecular weight excluding hydrogens is 348 g/mol. The molecule has 136 valence electrons. The number of carbonyl (C=O) groups excluding carboxylic acids is 3. The summed E-state index contributed by atoms with van der Waals surface area (Å²) >= 11 is 5.91. The van der Waals surface area contributed by atoms with Crippen molar-refractivity contribution in [3.8, 4) is 5.75 Å². The molecule has 1 aromatic carbocycles. The van der Waals surface area contributed by atoms with Crippen molar-refractivity contribution in [1.82, 2.24) is 4.90 Å². The van der Waals surface area contributed by atoms with Crippen LogP contribution in [0.2, 0.25) is 5.02 Å². The van der Waals surface area contributed by atoms with Gasteiger partial charge in [-0.05, 0) is 49.9 Å². The highest BCUT2D eigenvalue weighted by Gasteiger charge is 2.30. The quantitative estimate of drug-likeness (QED) is 0.766. The third-order valence-corrected chi connectivity index (χ3v) is 4.42. The molecule has 2 rings (SSSR count). The number of amides is 2. The van der Waals surface area contributed by atoms with Crippen molar-refractivity contribution in [3.05, 3.63) is 28.8 Å². The van der Waals surface area contributed by atoms with E-state index in [1.54, 1.807) is 18.2 Å². The molecule has 2 N–H and O–H groups in total. The Balaban J connectivity index is 1.79. The van der Waals surface area contributed by atoms with Crippen molar-refractivity contribution in [1.29, 1.82) is 0 Å². The summed E-state index contributed by atoms with van der Waals surface area (Å²) in [4.78, 5) is 36.7. The van der Waals surface area contributed by atoms with E-state index in [9.17, 15) is 14.4 Å². The number of halogens is 1. The van der Waals surface area contributed by atoms with Crippen LogP contribution in [0.4, 0.5) is 0 Å². The van der Waals surface area contributed by atoms with Gasteiger partial charge in [0.15, 0.2) is 13.2 Å². The standard InChI is InChI=1S/C17H21ClN2O5/c1-11-8-12(5-6-13(11)18)24-10-16(22)25-9-15(21)20-7-3-2-4-14(20)17(19)23/h5-6,8,14H,2-4,7,9-10H2,1H3,(H2,19,23)/t14-/m0/s1. The molecule has 1 aliphatic rings. The van der Waals surface area contributed by atoms with Crippen molar-refractivity contribution >= 4 is 29.4 Å². The molecule has 1 heterocycles. The van der Waals surface area contributed by atoms with Crippen LogP contribution in [-0.2, 0) is 19.1 Å². The topological polar surface area (TPSA) is 98.9 Å². The smallest absolute Gasteiger partial charge is 0.344 e. The van der Waals surface area contributed by atoms with Crippen molar-refractivity contribution in [3.63, 3.8) is 0 Å². The molecule has 0 aromatic heterocycles. The van der Waals surface area contributed by atoms with Crippen molar-refractivity contribution < 1.29 is 23.9 Å². The van der Waals surface area contributed by atoms with E-state index < -0.39 is 30.4 Å². The van der Waals surface area contributed by atoms with Crippen molar-refractivity contribution in [2.24, 2.45) is 5.73 Å². The number of aryl methyl sites for hydroxylation is 1. The summed E-state index contributed by atoms with van der Waals surface area (Å²) in [5, 5.41) is 0.603. The maximum atomic E-state index is 12.2. The molecule has 1 aliphatic heterocycles. The fourth-order valence-corrected chi connectivity index (χ4v) is 2.76. The summed E-state index contributed by atoms with van der Waals surface area (Å²) in [6.07, 6.45) is 2.17. The fraction of sp³-hybridized carbons (Fsp3) is 0.471. The minimum absolute atomic E-state index is 0.326. The van der Waals surface area contributed by atoms with Gasteiger partial charge in [0, 0.05) is 11.6 Å². The Morgan fingerprint density at radius 3 is 2.72 bits per heavy atom. The highest BCUT2D eigenvalue weighted by atomic mass is 35.5. The zero-order valence-corrected chi connectivity index (χ0v) is 14.8. The maximum absolute atomic E-state index is 12.2. The van der Waals surface area contributed by atoms with Gasteiger partial charge in [0.05, 0.1) is 0 Å². The Hall–Kier alpha value is -2.28. The summed E-state index contributed by atoms with van der Waals surface area (Å²) in [7, 11) is 0. The van der Waals surface area contributed by atoms with Crippen molar-refractivity contribution in [2.75, 3.05) is 19.8 Å². The second-order valence-electron chi connectivity index (χ2n) is 5.86. The molecule has 1 saturated heterocycles. The molecule has 1 fully saturated rings. The second kappa shape index (κ2) is 8.71. The van der Waals surface area contributed by atoms with Gasteiger partial charge in [-0.25, -0.2) is 4.79 Å².